The highest BCUT2D eigenvalue weighted by atomic mass is 17.2. The summed E-state index contributed by atoms with van der Waals surface area (Å²) in [5, 5.41) is 0. The molecular formula is C14H22O2. The van der Waals surface area contributed by atoms with Gasteiger partial charge in [-0.25, -0.2) is 9.78 Å². The van der Waals surface area contributed by atoms with Gasteiger partial charge in [-0.1, -0.05) is 37.3 Å². The molecule has 0 spiro atoms. The summed E-state index contributed by atoms with van der Waals surface area (Å²) >= 11 is 0. The highest BCUT2D eigenvalue weighted by Crippen LogP contribution is 2.30. The Hall–Kier alpha value is -0.860. The zero-order chi connectivity index (χ0) is 12.2. The van der Waals surface area contributed by atoms with Crippen molar-refractivity contribution in [1.29, 1.82) is 0 Å². The Morgan fingerprint density at radius 1 is 0.938 bits per heavy atom. The minimum Gasteiger partial charge on any atom is -0.230 e. The van der Waals surface area contributed by atoms with Gasteiger partial charge in [0.2, 0.25) is 0 Å². The lowest BCUT2D eigenvalue weighted by Gasteiger charge is -2.31. The third-order valence-corrected chi connectivity index (χ3v) is 2.53. The Bertz CT molecular complexity index is 313. The van der Waals surface area contributed by atoms with E-state index in [4.69, 9.17) is 9.78 Å². The van der Waals surface area contributed by atoms with E-state index in [2.05, 4.69) is 19.1 Å². The summed E-state index contributed by atoms with van der Waals surface area (Å²) in [6.07, 6.45) is 0.868. The number of benzene rings is 1. The molecule has 2 nitrogen and oxygen atoms in total. The fourth-order valence-electron chi connectivity index (χ4n) is 1.32. The molecule has 0 aliphatic carbocycles. The van der Waals surface area contributed by atoms with Gasteiger partial charge in [-0.2, -0.15) is 0 Å². The van der Waals surface area contributed by atoms with Crippen LogP contribution in [0.5, 0.6) is 0 Å². The Morgan fingerprint density at radius 2 is 1.50 bits per heavy atom. The van der Waals surface area contributed by atoms with E-state index in [1.807, 2.05) is 45.9 Å². The maximum atomic E-state index is 5.63. The molecule has 0 amide bonds. The Kier molecular flexibility index (Phi) is 4.11. The predicted molar refractivity (Wildman–Crippen MR) is 66.0 cm³/mol. The highest BCUT2D eigenvalue weighted by Gasteiger charge is 2.29. The second kappa shape index (κ2) is 4.98. The van der Waals surface area contributed by atoms with Gasteiger partial charge in [-0.15, -0.1) is 0 Å². The van der Waals surface area contributed by atoms with Crippen molar-refractivity contribution in [3.05, 3.63) is 35.9 Å². The van der Waals surface area contributed by atoms with Crippen molar-refractivity contribution in [3.63, 3.8) is 0 Å². The molecule has 1 unspecified atom stereocenters. The van der Waals surface area contributed by atoms with Crippen molar-refractivity contribution in [3.8, 4) is 0 Å². The van der Waals surface area contributed by atoms with Gasteiger partial charge in [-0.3, -0.25) is 0 Å². The van der Waals surface area contributed by atoms with Crippen LogP contribution in [-0.2, 0) is 15.4 Å². The summed E-state index contributed by atoms with van der Waals surface area (Å²) in [6.45, 7) is 10.1. The zero-order valence-corrected chi connectivity index (χ0v) is 10.9. The van der Waals surface area contributed by atoms with E-state index < -0.39 is 0 Å². The largest absolute Gasteiger partial charge is 0.230 e. The van der Waals surface area contributed by atoms with Crippen LogP contribution in [0.3, 0.4) is 0 Å². The lowest BCUT2D eigenvalue weighted by Crippen LogP contribution is -2.30. The van der Waals surface area contributed by atoms with E-state index in [0.29, 0.717) is 0 Å². The van der Waals surface area contributed by atoms with Crippen molar-refractivity contribution in [2.45, 2.75) is 52.2 Å². The summed E-state index contributed by atoms with van der Waals surface area (Å²) in [4.78, 5) is 11.1. The second-order valence-corrected chi connectivity index (χ2v) is 5.23. The fourth-order valence-corrected chi connectivity index (χ4v) is 1.32. The Balaban J connectivity index is 2.79. The van der Waals surface area contributed by atoms with E-state index in [1.165, 1.54) is 0 Å². The third kappa shape index (κ3) is 3.62. The summed E-state index contributed by atoms with van der Waals surface area (Å²) in [6, 6.07) is 10.2. The van der Waals surface area contributed by atoms with Crippen LogP contribution in [0, 0.1) is 0 Å². The van der Waals surface area contributed by atoms with Crippen LogP contribution >= 0.6 is 0 Å². The van der Waals surface area contributed by atoms with Crippen LogP contribution < -0.4 is 0 Å². The van der Waals surface area contributed by atoms with Gasteiger partial charge in [0.15, 0.2) is 0 Å². The second-order valence-electron chi connectivity index (χ2n) is 5.23. The molecule has 0 bridgehead atoms. The van der Waals surface area contributed by atoms with E-state index >= 15 is 0 Å². The number of rotatable bonds is 4. The highest BCUT2D eigenvalue weighted by molar-refractivity contribution is 5.21. The smallest absolute Gasteiger partial charge is 0.125 e. The van der Waals surface area contributed by atoms with Crippen LogP contribution in [0.1, 0.15) is 46.6 Å². The van der Waals surface area contributed by atoms with Gasteiger partial charge < -0.3 is 0 Å². The average molecular weight is 222 g/mol. The summed E-state index contributed by atoms with van der Waals surface area (Å²) in [5.74, 6) is 0. The summed E-state index contributed by atoms with van der Waals surface area (Å²) in [7, 11) is 0. The molecular weight excluding hydrogens is 200 g/mol. The quantitative estimate of drug-likeness (QED) is 0.565. The van der Waals surface area contributed by atoms with Gasteiger partial charge in [0, 0.05) is 0 Å². The molecule has 0 radical (unpaired) electrons. The Labute approximate surface area is 98.5 Å². The minimum absolute atomic E-state index is 0.286. The molecule has 0 aliphatic rings. The first-order valence-corrected chi connectivity index (χ1v) is 5.80. The maximum Gasteiger partial charge on any atom is 0.125 e. The lowest BCUT2D eigenvalue weighted by molar-refractivity contribution is -0.406. The number of hydrogen-bond donors (Lipinski definition) is 0. The lowest BCUT2D eigenvalue weighted by atomic mass is 9.93. The van der Waals surface area contributed by atoms with E-state index in [9.17, 15) is 0 Å². The molecule has 1 atom stereocenters. The first-order valence-electron chi connectivity index (χ1n) is 5.80. The maximum absolute atomic E-state index is 5.63. The first kappa shape index (κ1) is 13.2. The molecule has 0 fully saturated rings. The first-order chi connectivity index (χ1) is 7.37. The van der Waals surface area contributed by atoms with Gasteiger partial charge in [-0.05, 0) is 39.7 Å². The van der Waals surface area contributed by atoms with Gasteiger partial charge in [0.25, 0.3) is 0 Å². The summed E-state index contributed by atoms with van der Waals surface area (Å²) < 4.78 is 0. The molecule has 1 aromatic carbocycles. The van der Waals surface area contributed by atoms with Gasteiger partial charge >= 0.3 is 0 Å². The van der Waals surface area contributed by atoms with Crippen molar-refractivity contribution >= 4 is 0 Å². The fraction of sp³-hybridized carbons (Fsp3) is 0.571. The van der Waals surface area contributed by atoms with Crippen molar-refractivity contribution in [1.82, 2.24) is 0 Å². The average Bonchev–Trinajstić information content (AvgIpc) is 2.26. The normalized spacial score (nSPS) is 15.8. The SMILES string of the molecule is CCC(C)(OOC(C)(C)C)c1ccccc1. The third-order valence-electron chi connectivity index (χ3n) is 2.53. The molecule has 1 aromatic rings. The summed E-state index contributed by atoms with van der Waals surface area (Å²) in [5.41, 5.74) is 0.474. The van der Waals surface area contributed by atoms with Crippen LogP contribution in [0.25, 0.3) is 0 Å². The van der Waals surface area contributed by atoms with Crippen molar-refractivity contribution < 1.29 is 9.78 Å². The zero-order valence-electron chi connectivity index (χ0n) is 10.9. The molecule has 0 aromatic heterocycles. The Morgan fingerprint density at radius 3 is 1.94 bits per heavy atom. The molecule has 0 heterocycles. The molecule has 0 saturated heterocycles. The van der Waals surface area contributed by atoms with Crippen LogP contribution in [0.2, 0.25) is 0 Å². The molecule has 2 heteroatoms. The van der Waals surface area contributed by atoms with Crippen molar-refractivity contribution in [2.24, 2.45) is 0 Å². The van der Waals surface area contributed by atoms with Crippen molar-refractivity contribution in [2.75, 3.05) is 0 Å². The standard InChI is InChI=1S/C14H22O2/c1-6-14(5,16-15-13(2,3)4)12-10-8-7-9-11-12/h7-11H,6H2,1-5H3. The van der Waals surface area contributed by atoms with Crippen LogP contribution in [-0.4, -0.2) is 5.60 Å². The van der Waals surface area contributed by atoms with E-state index in [0.717, 1.165) is 12.0 Å². The molecule has 90 valence electrons. The predicted octanol–water partition coefficient (Wildman–Crippen LogP) is 4.06. The molecule has 16 heavy (non-hydrogen) atoms. The monoisotopic (exact) mass is 222 g/mol. The molecule has 1 rings (SSSR count). The van der Waals surface area contributed by atoms with Crippen LogP contribution in [0.4, 0.5) is 0 Å². The van der Waals surface area contributed by atoms with Gasteiger partial charge in [0.05, 0.1) is 5.60 Å². The van der Waals surface area contributed by atoms with E-state index in [1.54, 1.807) is 0 Å². The van der Waals surface area contributed by atoms with Crippen LogP contribution in [0.15, 0.2) is 30.3 Å². The number of hydrogen-bond acceptors (Lipinski definition) is 2. The molecule has 0 N–H and O–H groups in total. The van der Waals surface area contributed by atoms with Gasteiger partial charge in [0.1, 0.15) is 5.60 Å². The minimum atomic E-state index is -0.380. The topological polar surface area (TPSA) is 18.5 Å². The van der Waals surface area contributed by atoms with E-state index in [-0.39, 0.29) is 11.2 Å². The molecule has 0 aliphatic heterocycles. The molecule has 0 saturated carbocycles.